The van der Waals surface area contributed by atoms with Gasteiger partial charge in [-0.25, -0.2) is 5.43 Å². The zero-order valence-corrected chi connectivity index (χ0v) is 13.8. The summed E-state index contributed by atoms with van der Waals surface area (Å²) in [6, 6.07) is 10.4. The van der Waals surface area contributed by atoms with Gasteiger partial charge in [0, 0.05) is 24.1 Å². The largest absolute Gasteiger partial charge is 0.324 e. The minimum atomic E-state index is -0.167. The third kappa shape index (κ3) is 3.18. The van der Waals surface area contributed by atoms with Gasteiger partial charge in [0.2, 0.25) is 5.91 Å². The molecule has 2 fully saturated rings. The van der Waals surface area contributed by atoms with Gasteiger partial charge in [0.25, 0.3) is 0 Å². The molecule has 1 saturated heterocycles. The summed E-state index contributed by atoms with van der Waals surface area (Å²) in [5.41, 5.74) is 10.5. The molecule has 4 rings (SSSR count). The van der Waals surface area contributed by atoms with Crippen LogP contribution in [0.4, 0.5) is 5.69 Å². The lowest BCUT2D eigenvalue weighted by Gasteiger charge is -2.14. The van der Waals surface area contributed by atoms with Gasteiger partial charge in [-0.15, -0.1) is 0 Å². The molecule has 24 heavy (non-hydrogen) atoms. The summed E-state index contributed by atoms with van der Waals surface area (Å²) in [5.74, 6) is 0.771. The van der Waals surface area contributed by atoms with Gasteiger partial charge in [-0.1, -0.05) is 12.1 Å². The molecule has 2 atom stereocenters. The molecule has 3 N–H and O–H groups in total. The fraction of sp³-hybridized carbons (Fsp3) is 0.368. The van der Waals surface area contributed by atoms with Crippen molar-refractivity contribution in [3.05, 3.63) is 48.3 Å². The van der Waals surface area contributed by atoms with Gasteiger partial charge in [-0.05, 0) is 67.0 Å². The Kier molecular flexibility index (Phi) is 4.04. The summed E-state index contributed by atoms with van der Waals surface area (Å²) in [5, 5.41) is 3.09. The highest BCUT2D eigenvalue weighted by molar-refractivity contribution is 5.96. The van der Waals surface area contributed by atoms with E-state index in [1.54, 1.807) is 12.4 Å². The van der Waals surface area contributed by atoms with Gasteiger partial charge in [0.05, 0.1) is 0 Å². The van der Waals surface area contributed by atoms with Crippen LogP contribution in [0.5, 0.6) is 0 Å². The highest BCUT2D eigenvalue weighted by Gasteiger charge is 2.38. The highest BCUT2D eigenvalue weighted by atomic mass is 16.2. The molecule has 1 aliphatic heterocycles. The number of nitrogens with one attached hydrogen (secondary N) is 3. The number of nitrogens with zero attached hydrogens (tertiary/aromatic N) is 1. The predicted octanol–water partition coefficient (Wildman–Crippen LogP) is 2.64. The third-order valence-corrected chi connectivity index (χ3v) is 4.95. The summed E-state index contributed by atoms with van der Waals surface area (Å²) in [7, 11) is 0. The van der Waals surface area contributed by atoms with Crippen LogP contribution in [0.3, 0.4) is 0 Å². The second-order valence-electron chi connectivity index (χ2n) is 6.78. The Balaban J connectivity index is 1.48. The van der Waals surface area contributed by atoms with E-state index < -0.39 is 0 Å². The van der Waals surface area contributed by atoms with Gasteiger partial charge in [-0.2, -0.15) is 0 Å². The second-order valence-corrected chi connectivity index (χ2v) is 6.78. The molecule has 0 radical (unpaired) electrons. The summed E-state index contributed by atoms with van der Waals surface area (Å²) in [4.78, 5) is 16.6. The number of hydrazine groups is 1. The van der Waals surface area contributed by atoms with Crippen molar-refractivity contribution in [2.75, 3.05) is 5.32 Å². The summed E-state index contributed by atoms with van der Waals surface area (Å²) in [6.07, 6.45) is 6.97. The molecule has 2 aromatic rings. The van der Waals surface area contributed by atoms with Crippen molar-refractivity contribution in [1.82, 2.24) is 15.8 Å². The van der Waals surface area contributed by atoms with Crippen LogP contribution in [0.15, 0.2) is 42.7 Å². The third-order valence-electron chi connectivity index (χ3n) is 4.95. The predicted molar refractivity (Wildman–Crippen MR) is 94.2 cm³/mol. The van der Waals surface area contributed by atoms with Crippen LogP contribution in [0.25, 0.3) is 11.1 Å². The molecule has 5 heteroatoms. The van der Waals surface area contributed by atoms with Crippen molar-refractivity contribution >= 4 is 11.6 Å². The fourth-order valence-electron chi connectivity index (χ4n) is 3.26. The van der Waals surface area contributed by atoms with E-state index in [4.69, 9.17) is 0 Å². The lowest BCUT2D eigenvalue weighted by molar-refractivity contribution is -0.117. The second kappa shape index (κ2) is 6.34. The average Bonchev–Trinajstić information content (AvgIpc) is 3.34. The van der Waals surface area contributed by atoms with E-state index in [2.05, 4.69) is 27.2 Å². The van der Waals surface area contributed by atoms with Crippen molar-refractivity contribution in [1.29, 1.82) is 0 Å². The highest BCUT2D eigenvalue weighted by Crippen LogP contribution is 2.35. The number of aryl methyl sites for hydroxylation is 1. The smallest absolute Gasteiger partial charge is 0.242 e. The van der Waals surface area contributed by atoms with Crippen LogP contribution in [-0.4, -0.2) is 23.0 Å². The van der Waals surface area contributed by atoms with Crippen LogP contribution < -0.4 is 16.2 Å². The molecule has 0 bridgehead atoms. The molecule has 2 aliphatic rings. The first-order valence-electron chi connectivity index (χ1n) is 8.53. The maximum absolute atomic E-state index is 12.6. The van der Waals surface area contributed by atoms with Gasteiger partial charge >= 0.3 is 0 Å². The number of carbonyl (C=O) groups excluding carboxylic acids is 1. The molecular weight excluding hydrogens is 300 g/mol. The SMILES string of the molecule is Cc1ccc(-c2ccncc2)cc1NC(=O)C1CC(C2CC2)NN1. The molecular formula is C19H22N4O. The van der Waals surface area contributed by atoms with Crippen molar-refractivity contribution in [2.24, 2.45) is 5.92 Å². The standard InChI is InChI=1S/C19H22N4O/c1-12-2-3-15(13-6-8-20-9-7-13)10-16(12)21-19(24)18-11-17(22-23-18)14-4-5-14/h2-3,6-10,14,17-18,22-23H,4-5,11H2,1H3,(H,21,24). The van der Waals surface area contributed by atoms with Crippen molar-refractivity contribution < 1.29 is 4.79 Å². The number of amides is 1. The normalized spacial score (nSPS) is 23.2. The Hall–Kier alpha value is -2.24. The number of carbonyl (C=O) groups is 1. The molecule has 2 unspecified atom stereocenters. The van der Waals surface area contributed by atoms with Crippen LogP contribution in [0.1, 0.15) is 24.8 Å². The monoisotopic (exact) mass is 322 g/mol. The summed E-state index contributed by atoms with van der Waals surface area (Å²) >= 11 is 0. The van der Waals surface area contributed by atoms with Gasteiger partial charge < -0.3 is 5.32 Å². The number of rotatable bonds is 4. The van der Waals surface area contributed by atoms with E-state index in [1.807, 2.05) is 31.2 Å². The first-order chi connectivity index (χ1) is 11.7. The van der Waals surface area contributed by atoms with E-state index in [-0.39, 0.29) is 11.9 Å². The minimum absolute atomic E-state index is 0.0284. The molecule has 5 nitrogen and oxygen atoms in total. The molecule has 0 spiro atoms. The zero-order chi connectivity index (χ0) is 16.5. The fourth-order valence-corrected chi connectivity index (χ4v) is 3.26. The van der Waals surface area contributed by atoms with Crippen molar-refractivity contribution in [3.63, 3.8) is 0 Å². The van der Waals surface area contributed by atoms with Gasteiger partial charge in [-0.3, -0.25) is 15.2 Å². The Bertz CT molecular complexity index is 742. The van der Waals surface area contributed by atoms with E-state index >= 15 is 0 Å². The number of pyridine rings is 1. The topological polar surface area (TPSA) is 66.0 Å². The Morgan fingerprint density at radius 2 is 1.92 bits per heavy atom. The zero-order valence-electron chi connectivity index (χ0n) is 13.8. The van der Waals surface area contributed by atoms with E-state index in [0.29, 0.717) is 6.04 Å². The molecule has 1 saturated carbocycles. The molecule has 2 heterocycles. The average molecular weight is 322 g/mol. The van der Waals surface area contributed by atoms with Gasteiger partial charge in [0.1, 0.15) is 6.04 Å². The van der Waals surface area contributed by atoms with Crippen LogP contribution in [0, 0.1) is 12.8 Å². The Morgan fingerprint density at radius 1 is 1.12 bits per heavy atom. The lowest BCUT2D eigenvalue weighted by Crippen LogP contribution is -2.40. The Morgan fingerprint density at radius 3 is 2.67 bits per heavy atom. The number of hydrogen-bond acceptors (Lipinski definition) is 4. The van der Waals surface area contributed by atoms with Crippen LogP contribution >= 0.6 is 0 Å². The first kappa shape index (κ1) is 15.3. The number of hydrogen-bond donors (Lipinski definition) is 3. The summed E-state index contributed by atoms with van der Waals surface area (Å²) in [6.45, 7) is 2.01. The van der Waals surface area contributed by atoms with Crippen molar-refractivity contribution in [2.45, 2.75) is 38.3 Å². The summed E-state index contributed by atoms with van der Waals surface area (Å²) < 4.78 is 0. The molecule has 124 valence electrons. The molecule has 1 aromatic carbocycles. The van der Waals surface area contributed by atoms with Gasteiger partial charge in [0.15, 0.2) is 0 Å². The first-order valence-corrected chi connectivity index (χ1v) is 8.53. The van der Waals surface area contributed by atoms with E-state index in [1.165, 1.54) is 12.8 Å². The van der Waals surface area contributed by atoms with Crippen LogP contribution in [0.2, 0.25) is 0 Å². The Labute approximate surface area is 141 Å². The maximum atomic E-state index is 12.6. The quantitative estimate of drug-likeness (QED) is 0.809. The van der Waals surface area contributed by atoms with E-state index in [9.17, 15) is 4.79 Å². The maximum Gasteiger partial charge on any atom is 0.242 e. The van der Waals surface area contributed by atoms with E-state index in [0.717, 1.165) is 34.7 Å². The number of benzene rings is 1. The van der Waals surface area contributed by atoms with Crippen LogP contribution in [-0.2, 0) is 4.79 Å². The minimum Gasteiger partial charge on any atom is -0.324 e. The molecule has 1 amide bonds. The van der Waals surface area contributed by atoms with Crippen molar-refractivity contribution in [3.8, 4) is 11.1 Å². The number of aromatic nitrogens is 1. The molecule has 1 aromatic heterocycles. The molecule has 1 aliphatic carbocycles. The lowest BCUT2D eigenvalue weighted by atomic mass is 10.0. The number of anilines is 1.